The number of rotatable bonds is 11. The normalized spacial score (nSPS) is 39.4. The molecule has 1 aliphatic heterocycles. The van der Waals surface area contributed by atoms with Crippen LogP contribution in [-0.2, 0) is 9.59 Å². The molecule has 0 aromatic rings. The molecule has 1 heterocycles. The van der Waals surface area contributed by atoms with Gasteiger partial charge in [0.25, 0.3) is 0 Å². The maximum atomic E-state index is 13.3. The van der Waals surface area contributed by atoms with Gasteiger partial charge >= 0.3 is 5.97 Å². The van der Waals surface area contributed by atoms with Crippen molar-refractivity contribution in [2.75, 3.05) is 7.05 Å². The zero-order valence-corrected chi connectivity index (χ0v) is 22.3. The van der Waals surface area contributed by atoms with Crippen molar-refractivity contribution in [1.29, 1.82) is 0 Å². The number of unbranched alkanes of at least 4 members (excludes halogenated alkanes) is 7. The average Bonchev–Trinajstić information content (AvgIpc) is 3.20. The number of likely N-dealkylation sites (tertiary alicyclic amines) is 1. The molecule has 0 spiro atoms. The maximum Gasteiger partial charge on any atom is 0.303 e. The lowest BCUT2D eigenvalue weighted by atomic mass is 9.47. The molecule has 0 aromatic heterocycles. The Morgan fingerprint density at radius 1 is 0.912 bits per heavy atom. The number of hydrogen-bond donors (Lipinski definition) is 1. The van der Waals surface area contributed by atoms with Gasteiger partial charge in [-0.05, 0) is 86.4 Å². The minimum atomic E-state index is -0.674. The molecule has 1 saturated heterocycles. The Labute approximate surface area is 208 Å². The van der Waals surface area contributed by atoms with Crippen LogP contribution in [0.1, 0.15) is 129 Å². The lowest BCUT2D eigenvalue weighted by Gasteiger charge is -2.62. The number of aliphatic carboxylic acids is 1. The van der Waals surface area contributed by atoms with Crippen LogP contribution in [0.2, 0.25) is 0 Å². The van der Waals surface area contributed by atoms with Crippen molar-refractivity contribution >= 4 is 11.9 Å². The van der Waals surface area contributed by atoms with Crippen LogP contribution >= 0.6 is 0 Å². The van der Waals surface area contributed by atoms with Gasteiger partial charge in [-0.1, -0.05) is 65.2 Å². The van der Waals surface area contributed by atoms with Crippen LogP contribution < -0.4 is 0 Å². The molecule has 4 rings (SSSR count). The van der Waals surface area contributed by atoms with E-state index in [9.17, 15) is 9.59 Å². The monoisotopic (exact) mass is 473 g/mol. The number of amides is 1. The molecular weight excluding hydrogens is 422 g/mol. The Morgan fingerprint density at radius 2 is 1.59 bits per heavy atom. The number of fused-ring (bicyclic) bond motifs is 5. The molecule has 4 nitrogen and oxygen atoms in total. The highest BCUT2D eigenvalue weighted by molar-refractivity contribution is 5.80. The van der Waals surface area contributed by atoms with Crippen molar-refractivity contribution in [3.63, 3.8) is 0 Å². The first-order valence-electron chi connectivity index (χ1n) is 14.7. The highest BCUT2D eigenvalue weighted by Crippen LogP contribution is 2.65. The summed E-state index contributed by atoms with van der Waals surface area (Å²) in [5, 5.41) is 8.71. The van der Waals surface area contributed by atoms with Crippen molar-refractivity contribution in [1.82, 2.24) is 4.90 Å². The number of carbonyl (C=O) groups excluding carboxylic acids is 1. The molecule has 2 unspecified atom stereocenters. The van der Waals surface area contributed by atoms with Crippen LogP contribution in [-0.4, -0.2) is 35.0 Å². The summed E-state index contributed by atoms with van der Waals surface area (Å²) < 4.78 is 0. The van der Waals surface area contributed by atoms with Crippen molar-refractivity contribution in [2.24, 2.45) is 34.5 Å². The molecular formula is C30H51NO3. The van der Waals surface area contributed by atoms with E-state index in [2.05, 4.69) is 25.8 Å². The van der Waals surface area contributed by atoms with Gasteiger partial charge in [0.05, 0.1) is 0 Å². The molecule has 0 radical (unpaired) electrons. The number of carbonyl (C=O) groups is 2. The Bertz CT molecular complexity index is 722. The maximum absolute atomic E-state index is 13.3. The van der Waals surface area contributed by atoms with Crippen LogP contribution in [0, 0.1) is 34.5 Å². The quantitative estimate of drug-likeness (QED) is 0.317. The van der Waals surface area contributed by atoms with E-state index in [1.807, 2.05) is 0 Å². The van der Waals surface area contributed by atoms with Gasteiger partial charge in [-0.3, -0.25) is 9.59 Å². The van der Waals surface area contributed by atoms with Crippen LogP contribution in [0.25, 0.3) is 0 Å². The second kappa shape index (κ2) is 10.9. The molecule has 7 atom stereocenters. The van der Waals surface area contributed by atoms with Crippen molar-refractivity contribution in [3.8, 4) is 0 Å². The highest BCUT2D eigenvalue weighted by Gasteiger charge is 2.60. The fraction of sp³-hybridized carbons (Fsp3) is 0.933. The minimum absolute atomic E-state index is 0.234. The van der Waals surface area contributed by atoms with Gasteiger partial charge in [-0.15, -0.1) is 0 Å². The lowest BCUT2D eigenvalue weighted by molar-refractivity contribution is -0.166. The van der Waals surface area contributed by atoms with E-state index in [1.54, 1.807) is 0 Å². The van der Waals surface area contributed by atoms with E-state index < -0.39 is 5.97 Å². The predicted molar refractivity (Wildman–Crippen MR) is 137 cm³/mol. The third kappa shape index (κ3) is 5.21. The summed E-state index contributed by atoms with van der Waals surface area (Å²) in [7, 11) is 2.12. The average molecular weight is 474 g/mol. The van der Waals surface area contributed by atoms with Gasteiger partial charge in [0, 0.05) is 25.4 Å². The summed E-state index contributed by atoms with van der Waals surface area (Å²) in [6.07, 6.45) is 21.4. The van der Waals surface area contributed by atoms with Gasteiger partial charge in [0.1, 0.15) is 0 Å². The molecule has 3 saturated carbocycles. The first kappa shape index (κ1) is 26.0. The van der Waals surface area contributed by atoms with Crippen LogP contribution in [0.3, 0.4) is 0 Å². The molecule has 3 aliphatic carbocycles. The molecule has 4 aliphatic rings. The van der Waals surface area contributed by atoms with Crippen LogP contribution in [0.15, 0.2) is 0 Å². The Hall–Kier alpha value is -1.06. The molecule has 0 aromatic carbocycles. The molecule has 34 heavy (non-hydrogen) atoms. The van der Waals surface area contributed by atoms with Gasteiger partial charge in [-0.25, -0.2) is 0 Å². The third-order valence-corrected chi connectivity index (χ3v) is 11.1. The Balaban J connectivity index is 1.25. The zero-order chi connectivity index (χ0) is 24.3. The number of piperidine rings is 1. The highest BCUT2D eigenvalue weighted by atomic mass is 16.4. The molecule has 1 N–H and O–H groups in total. The van der Waals surface area contributed by atoms with E-state index in [0.29, 0.717) is 29.2 Å². The molecule has 0 bridgehead atoms. The summed E-state index contributed by atoms with van der Waals surface area (Å²) >= 11 is 0. The van der Waals surface area contributed by atoms with E-state index in [1.165, 1.54) is 77.0 Å². The lowest BCUT2D eigenvalue weighted by Crippen LogP contribution is -2.63. The van der Waals surface area contributed by atoms with Crippen molar-refractivity contribution in [2.45, 2.75) is 135 Å². The van der Waals surface area contributed by atoms with E-state index in [4.69, 9.17) is 5.11 Å². The minimum Gasteiger partial charge on any atom is -0.481 e. The fourth-order valence-electron chi connectivity index (χ4n) is 9.37. The first-order chi connectivity index (χ1) is 16.3. The standard InChI is InChI=1S/C30H51NO3/c1-29-19-12-14-24(29)23-16-17-26-30(2,25(23)18-20-29)21-22(28(34)31(26)3)13-10-8-6-4-5-7-9-11-15-27(32)33/h22-26H,4-21H2,1-3H3,(H,32,33)/t22?,23-,24-,25+,26?,29-,30+/m0/s1. The van der Waals surface area contributed by atoms with Crippen molar-refractivity contribution in [3.05, 3.63) is 0 Å². The summed E-state index contributed by atoms with van der Waals surface area (Å²) in [4.78, 5) is 26.1. The number of hydrogen-bond acceptors (Lipinski definition) is 2. The van der Waals surface area contributed by atoms with Gasteiger partial charge in [0.2, 0.25) is 5.91 Å². The molecule has 4 fully saturated rings. The molecule has 4 heteroatoms. The topological polar surface area (TPSA) is 57.6 Å². The van der Waals surface area contributed by atoms with E-state index in [0.717, 1.165) is 49.9 Å². The van der Waals surface area contributed by atoms with Crippen LogP contribution in [0.4, 0.5) is 0 Å². The van der Waals surface area contributed by atoms with E-state index in [-0.39, 0.29) is 5.92 Å². The number of nitrogens with zero attached hydrogens (tertiary/aromatic N) is 1. The summed E-state index contributed by atoms with van der Waals surface area (Å²) in [5.41, 5.74) is 0.923. The number of carboxylic acids is 1. The zero-order valence-electron chi connectivity index (χ0n) is 22.3. The van der Waals surface area contributed by atoms with Gasteiger partial charge in [0.15, 0.2) is 0 Å². The van der Waals surface area contributed by atoms with Gasteiger partial charge < -0.3 is 10.0 Å². The van der Waals surface area contributed by atoms with Gasteiger partial charge in [-0.2, -0.15) is 0 Å². The first-order valence-corrected chi connectivity index (χ1v) is 14.7. The largest absolute Gasteiger partial charge is 0.481 e. The summed E-state index contributed by atoms with van der Waals surface area (Å²) in [6.45, 7) is 5.16. The molecule has 1 amide bonds. The smallest absolute Gasteiger partial charge is 0.303 e. The second-order valence-electron chi connectivity index (χ2n) is 13.2. The second-order valence-corrected chi connectivity index (χ2v) is 13.2. The predicted octanol–water partition coefficient (Wildman–Crippen LogP) is 7.45. The Kier molecular flexibility index (Phi) is 8.35. The fourth-order valence-corrected chi connectivity index (χ4v) is 9.37. The van der Waals surface area contributed by atoms with Crippen molar-refractivity contribution < 1.29 is 14.7 Å². The summed E-state index contributed by atoms with van der Waals surface area (Å²) in [6, 6.07) is 0.462. The Morgan fingerprint density at radius 3 is 2.29 bits per heavy atom. The molecule has 194 valence electrons. The number of carboxylic acid groups (broad SMARTS) is 1. The third-order valence-electron chi connectivity index (χ3n) is 11.1. The SMILES string of the molecule is CN1C(=O)C(CCCCCCCCCCC(=O)O)C[C@@]2(C)C1CC[C@@H]1[C@H]2CC[C@]2(C)CCC[C@@H]12. The van der Waals surface area contributed by atoms with E-state index >= 15 is 0 Å². The van der Waals surface area contributed by atoms with Crippen LogP contribution in [0.5, 0.6) is 0 Å². The summed E-state index contributed by atoms with van der Waals surface area (Å²) in [5.74, 6) is 2.66.